The van der Waals surface area contributed by atoms with Crippen LogP contribution in [0.3, 0.4) is 0 Å². The molecule has 1 atom stereocenters. The van der Waals surface area contributed by atoms with Gasteiger partial charge in [-0.2, -0.15) is 0 Å². The molecule has 0 aliphatic rings. The van der Waals surface area contributed by atoms with Crippen LogP contribution in [0.25, 0.3) is 0 Å². The van der Waals surface area contributed by atoms with Crippen molar-refractivity contribution in [2.24, 2.45) is 0 Å². The highest BCUT2D eigenvalue weighted by Gasteiger charge is 2.27. The van der Waals surface area contributed by atoms with E-state index in [2.05, 4.69) is 0 Å². The quantitative estimate of drug-likeness (QED) is 0.823. The van der Waals surface area contributed by atoms with Gasteiger partial charge in [-0.05, 0) is 39.7 Å². The van der Waals surface area contributed by atoms with E-state index in [0.29, 0.717) is 5.75 Å². The average Bonchev–Trinajstić information content (AvgIpc) is 2.24. The molecule has 1 unspecified atom stereocenters. The number of aromatic hydroxyl groups is 1. The van der Waals surface area contributed by atoms with Gasteiger partial charge >= 0.3 is 8.25 Å². The Labute approximate surface area is 121 Å². The van der Waals surface area contributed by atoms with Crippen LogP contribution in [0.5, 0.6) is 5.75 Å². The van der Waals surface area contributed by atoms with Crippen molar-refractivity contribution in [3.63, 3.8) is 0 Å². The molecular weight excluding hydrogens is 275 g/mol. The summed E-state index contributed by atoms with van der Waals surface area (Å²) < 4.78 is 15.5. The molecule has 0 radical (unpaired) electrons. The smallest absolute Gasteiger partial charge is 0.507 e. The molecule has 0 fully saturated rings. The van der Waals surface area contributed by atoms with Crippen molar-refractivity contribution in [3.8, 4) is 5.75 Å². The minimum absolute atomic E-state index is 0.0537. The highest BCUT2D eigenvalue weighted by atomic mass is 31.1. The molecule has 2 N–H and O–H groups in total. The molecule has 0 saturated heterocycles. The van der Waals surface area contributed by atoms with Crippen molar-refractivity contribution in [2.45, 2.75) is 59.0 Å². The predicted molar refractivity (Wildman–Crippen MR) is 80.1 cm³/mol. The van der Waals surface area contributed by atoms with Crippen LogP contribution in [-0.4, -0.2) is 10.00 Å². The number of phenols is 1. The molecular formula is C15H24O4P+. The van der Waals surface area contributed by atoms with Crippen molar-refractivity contribution in [1.29, 1.82) is 0 Å². The molecule has 0 aromatic heterocycles. The van der Waals surface area contributed by atoms with Gasteiger partial charge in [0.15, 0.2) is 0 Å². The lowest BCUT2D eigenvalue weighted by atomic mass is 9.78. The van der Waals surface area contributed by atoms with Crippen LogP contribution in [0.2, 0.25) is 0 Å². The Morgan fingerprint density at radius 1 is 1.05 bits per heavy atom. The van der Waals surface area contributed by atoms with Crippen LogP contribution in [0.15, 0.2) is 12.1 Å². The van der Waals surface area contributed by atoms with Crippen LogP contribution in [0.4, 0.5) is 0 Å². The van der Waals surface area contributed by atoms with Gasteiger partial charge in [-0.1, -0.05) is 41.5 Å². The Bertz CT molecular complexity index is 475. The minimum Gasteiger partial charge on any atom is -0.507 e. The van der Waals surface area contributed by atoms with E-state index in [0.717, 1.165) is 16.7 Å². The summed E-state index contributed by atoms with van der Waals surface area (Å²) in [4.78, 5) is 8.76. The fourth-order valence-corrected chi connectivity index (χ4v) is 2.31. The predicted octanol–water partition coefficient (Wildman–Crippen LogP) is 4.15. The molecule has 0 bridgehead atoms. The Hall–Kier alpha value is -0.960. The van der Waals surface area contributed by atoms with E-state index in [4.69, 9.17) is 9.42 Å². The summed E-state index contributed by atoms with van der Waals surface area (Å²) >= 11 is 0. The third-order valence-corrected chi connectivity index (χ3v) is 3.48. The summed E-state index contributed by atoms with van der Waals surface area (Å²) in [5.74, 6) is 0.294. The molecule has 5 heteroatoms. The molecule has 4 nitrogen and oxygen atoms in total. The molecule has 112 valence electrons. The van der Waals surface area contributed by atoms with E-state index in [1.54, 1.807) is 0 Å². The summed E-state index contributed by atoms with van der Waals surface area (Å²) in [6.07, 6.45) is 0. The van der Waals surface area contributed by atoms with Gasteiger partial charge in [0.1, 0.15) is 12.4 Å². The van der Waals surface area contributed by atoms with Crippen LogP contribution >= 0.6 is 8.25 Å². The van der Waals surface area contributed by atoms with Crippen LogP contribution in [0.1, 0.15) is 58.2 Å². The van der Waals surface area contributed by atoms with Crippen molar-refractivity contribution in [2.75, 3.05) is 0 Å². The van der Waals surface area contributed by atoms with Gasteiger partial charge in [-0.25, -0.2) is 0 Å². The van der Waals surface area contributed by atoms with E-state index in [9.17, 15) is 9.67 Å². The van der Waals surface area contributed by atoms with Crippen LogP contribution < -0.4 is 0 Å². The number of rotatable bonds is 3. The fraction of sp³-hybridized carbons (Fsp3) is 0.600. The van der Waals surface area contributed by atoms with Gasteiger partial charge in [0.05, 0.1) is 0 Å². The lowest BCUT2D eigenvalue weighted by molar-refractivity contribution is 0.272. The first-order valence-corrected chi connectivity index (χ1v) is 7.72. The molecule has 0 amide bonds. The minimum atomic E-state index is -2.62. The zero-order valence-electron chi connectivity index (χ0n) is 13.0. The number of hydrogen-bond acceptors (Lipinski definition) is 3. The SMILES string of the molecule is CC(C)(C)c1cc(CO[P+](=O)O)cc(C(C)(C)C)c1O. The van der Waals surface area contributed by atoms with Crippen molar-refractivity contribution >= 4 is 8.25 Å². The van der Waals surface area contributed by atoms with E-state index < -0.39 is 8.25 Å². The Morgan fingerprint density at radius 2 is 1.45 bits per heavy atom. The first kappa shape index (κ1) is 17.1. The molecule has 0 aliphatic heterocycles. The molecule has 1 aromatic rings. The molecule has 1 aromatic carbocycles. The maximum absolute atomic E-state index is 10.7. The van der Waals surface area contributed by atoms with Gasteiger partial charge in [0.25, 0.3) is 0 Å². The van der Waals surface area contributed by atoms with E-state index in [-0.39, 0.29) is 17.4 Å². The van der Waals surface area contributed by atoms with E-state index in [1.807, 2.05) is 53.7 Å². The highest BCUT2D eigenvalue weighted by Crippen LogP contribution is 2.40. The van der Waals surface area contributed by atoms with Crippen molar-refractivity contribution in [3.05, 3.63) is 28.8 Å². The number of phenolic OH excluding ortho intramolecular Hbond substituents is 1. The van der Waals surface area contributed by atoms with Gasteiger partial charge < -0.3 is 5.11 Å². The first-order chi connectivity index (χ1) is 8.93. The maximum Gasteiger partial charge on any atom is 0.695 e. The maximum atomic E-state index is 10.7. The monoisotopic (exact) mass is 299 g/mol. The number of benzene rings is 1. The summed E-state index contributed by atoms with van der Waals surface area (Å²) in [7, 11) is -2.62. The van der Waals surface area contributed by atoms with E-state index >= 15 is 0 Å². The molecule has 0 heterocycles. The van der Waals surface area contributed by atoms with Gasteiger partial charge in [-0.15, -0.1) is 9.42 Å². The van der Waals surface area contributed by atoms with Crippen molar-refractivity contribution < 1.29 is 19.1 Å². The summed E-state index contributed by atoms with van der Waals surface area (Å²) in [6.45, 7) is 12.2. The lowest BCUT2D eigenvalue weighted by Gasteiger charge is -2.28. The van der Waals surface area contributed by atoms with Gasteiger partial charge in [-0.3, -0.25) is 0 Å². The zero-order valence-corrected chi connectivity index (χ0v) is 13.9. The average molecular weight is 299 g/mol. The summed E-state index contributed by atoms with van der Waals surface area (Å²) in [5, 5.41) is 10.5. The molecule has 0 saturated carbocycles. The van der Waals surface area contributed by atoms with Crippen LogP contribution in [0, 0.1) is 0 Å². The fourth-order valence-electron chi connectivity index (χ4n) is 2.05. The first-order valence-electron chi connectivity index (χ1n) is 6.59. The third-order valence-electron chi connectivity index (χ3n) is 3.13. The van der Waals surface area contributed by atoms with Gasteiger partial charge in [0.2, 0.25) is 0 Å². The third kappa shape index (κ3) is 4.27. The molecule has 0 aliphatic carbocycles. The van der Waals surface area contributed by atoms with E-state index in [1.165, 1.54) is 0 Å². The molecule has 0 spiro atoms. The Balaban J connectivity index is 3.38. The summed E-state index contributed by atoms with van der Waals surface area (Å²) in [6, 6.07) is 3.67. The van der Waals surface area contributed by atoms with Crippen molar-refractivity contribution in [1.82, 2.24) is 0 Å². The normalized spacial score (nSPS) is 13.4. The Kier molecular flexibility index (Phi) is 4.96. The topological polar surface area (TPSA) is 66.8 Å². The largest absolute Gasteiger partial charge is 0.695 e. The second kappa shape index (κ2) is 5.80. The lowest BCUT2D eigenvalue weighted by Crippen LogP contribution is -2.18. The van der Waals surface area contributed by atoms with Gasteiger partial charge in [0, 0.05) is 4.57 Å². The zero-order chi connectivity index (χ0) is 15.7. The highest BCUT2D eigenvalue weighted by molar-refractivity contribution is 7.32. The molecule has 20 heavy (non-hydrogen) atoms. The standard InChI is InChI=1S/C15H23O4P/c1-14(2,3)11-7-10(9-19-20(17)18)8-12(13(11)16)15(4,5)6/h7-8H,9H2,1-6H3,(H-,16,17,18)/p+1. The second-order valence-electron chi connectivity index (χ2n) is 7.05. The number of hydrogen-bond donors (Lipinski definition) is 2. The molecule has 1 rings (SSSR count). The Morgan fingerprint density at radius 3 is 1.75 bits per heavy atom. The van der Waals surface area contributed by atoms with Crippen LogP contribution in [-0.2, 0) is 26.5 Å². The second-order valence-corrected chi connectivity index (χ2v) is 7.78. The summed E-state index contributed by atoms with van der Waals surface area (Å²) in [5.41, 5.74) is 1.98.